The zero-order valence-electron chi connectivity index (χ0n) is 18.3. The van der Waals surface area contributed by atoms with Crippen molar-refractivity contribution in [1.82, 2.24) is 0 Å². The van der Waals surface area contributed by atoms with E-state index in [1.807, 2.05) is 73.7 Å². The predicted molar refractivity (Wildman–Crippen MR) is 138 cm³/mol. The summed E-state index contributed by atoms with van der Waals surface area (Å²) in [5, 5.41) is 15.0. The first-order valence-corrected chi connectivity index (χ1v) is 11.3. The summed E-state index contributed by atoms with van der Waals surface area (Å²) in [6.07, 6.45) is 1.56. The summed E-state index contributed by atoms with van der Waals surface area (Å²) >= 11 is 12.0. The molecule has 0 radical (unpaired) electrons. The molecule has 0 spiro atoms. The quantitative estimate of drug-likeness (QED) is 0.225. The lowest BCUT2D eigenvalue weighted by Gasteiger charge is -2.13. The minimum Gasteiger partial charge on any atom is -0.488 e. The van der Waals surface area contributed by atoms with E-state index in [4.69, 9.17) is 27.9 Å². The number of nitriles is 1. The summed E-state index contributed by atoms with van der Waals surface area (Å²) in [5.74, 6) is 0.0210. The Morgan fingerprint density at radius 2 is 1.76 bits per heavy atom. The monoisotopic (exact) mass is 486 g/mol. The maximum Gasteiger partial charge on any atom is 0.266 e. The molecule has 168 valence electrons. The van der Waals surface area contributed by atoms with E-state index >= 15 is 0 Å². The van der Waals surface area contributed by atoms with E-state index in [0.717, 1.165) is 16.3 Å². The van der Waals surface area contributed by atoms with Crippen molar-refractivity contribution in [3.8, 4) is 11.8 Å². The molecule has 0 aliphatic carbocycles. The summed E-state index contributed by atoms with van der Waals surface area (Å²) in [6.45, 7) is 2.39. The number of nitrogens with one attached hydrogen (secondary N) is 1. The molecule has 4 aromatic carbocycles. The van der Waals surface area contributed by atoms with Crippen molar-refractivity contribution in [3.05, 3.63) is 111 Å². The number of hydrogen-bond acceptors (Lipinski definition) is 3. The average molecular weight is 487 g/mol. The molecule has 0 saturated carbocycles. The molecule has 0 aromatic heterocycles. The highest BCUT2D eigenvalue weighted by molar-refractivity contribution is 6.42. The molecule has 1 N–H and O–H groups in total. The van der Waals surface area contributed by atoms with Crippen LogP contribution in [0.1, 0.15) is 16.7 Å². The van der Waals surface area contributed by atoms with Crippen LogP contribution in [0.25, 0.3) is 16.8 Å². The van der Waals surface area contributed by atoms with Gasteiger partial charge in [0.1, 0.15) is 24.0 Å². The fourth-order valence-electron chi connectivity index (χ4n) is 3.46. The van der Waals surface area contributed by atoms with Gasteiger partial charge in [0.25, 0.3) is 5.91 Å². The summed E-state index contributed by atoms with van der Waals surface area (Å²) in [7, 11) is 0. The maximum atomic E-state index is 12.9. The normalized spacial score (nSPS) is 11.2. The van der Waals surface area contributed by atoms with Crippen molar-refractivity contribution in [1.29, 1.82) is 5.26 Å². The highest BCUT2D eigenvalue weighted by Crippen LogP contribution is 2.31. The topological polar surface area (TPSA) is 62.1 Å². The Balaban J connectivity index is 1.69. The molecule has 0 heterocycles. The van der Waals surface area contributed by atoms with Crippen LogP contribution in [0.4, 0.5) is 5.69 Å². The molecule has 0 atom stereocenters. The molecule has 0 saturated heterocycles. The Bertz CT molecular complexity index is 1440. The van der Waals surface area contributed by atoms with E-state index in [2.05, 4.69) is 5.32 Å². The number of anilines is 1. The van der Waals surface area contributed by atoms with E-state index in [0.29, 0.717) is 33.7 Å². The Hall–Kier alpha value is -3.78. The number of fused-ring (bicyclic) bond motifs is 1. The van der Waals surface area contributed by atoms with Crippen molar-refractivity contribution in [2.75, 3.05) is 5.32 Å². The van der Waals surface area contributed by atoms with Crippen LogP contribution in [0.5, 0.6) is 5.75 Å². The second-order valence-electron chi connectivity index (χ2n) is 7.73. The maximum absolute atomic E-state index is 12.9. The van der Waals surface area contributed by atoms with Gasteiger partial charge in [0.05, 0.1) is 10.0 Å². The summed E-state index contributed by atoms with van der Waals surface area (Å²) in [6, 6.07) is 26.4. The number of rotatable bonds is 6. The van der Waals surface area contributed by atoms with Gasteiger partial charge in [-0.15, -0.1) is 0 Å². The smallest absolute Gasteiger partial charge is 0.266 e. The van der Waals surface area contributed by atoms with Crippen LogP contribution < -0.4 is 10.1 Å². The molecule has 0 bridgehead atoms. The van der Waals surface area contributed by atoms with Crippen molar-refractivity contribution < 1.29 is 9.53 Å². The van der Waals surface area contributed by atoms with Gasteiger partial charge in [0, 0.05) is 11.3 Å². The molecule has 0 unspecified atom stereocenters. The Morgan fingerprint density at radius 3 is 2.50 bits per heavy atom. The number of nitrogens with zero attached hydrogens (tertiary/aromatic N) is 1. The largest absolute Gasteiger partial charge is 0.488 e. The van der Waals surface area contributed by atoms with Gasteiger partial charge in [-0.1, -0.05) is 83.4 Å². The van der Waals surface area contributed by atoms with Crippen LogP contribution in [0.3, 0.4) is 0 Å². The number of carbonyl (C=O) groups excluding carboxylic acids is 1. The number of aryl methyl sites for hydroxylation is 1. The average Bonchev–Trinajstić information content (AvgIpc) is 2.84. The lowest BCUT2D eigenvalue weighted by molar-refractivity contribution is -0.112. The molecule has 4 rings (SSSR count). The van der Waals surface area contributed by atoms with E-state index in [1.165, 1.54) is 11.6 Å². The van der Waals surface area contributed by atoms with Crippen LogP contribution in [0.2, 0.25) is 10.0 Å². The molecule has 1 amide bonds. The van der Waals surface area contributed by atoms with E-state index in [9.17, 15) is 10.1 Å². The van der Waals surface area contributed by atoms with Gasteiger partial charge >= 0.3 is 0 Å². The van der Waals surface area contributed by atoms with Crippen LogP contribution in [0, 0.1) is 18.3 Å². The zero-order valence-corrected chi connectivity index (χ0v) is 19.8. The predicted octanol–water partition coefficient (Wildman–Crippen LogP) is 7.58. The highest BCUT2D eigenvalue weighted by Gasteiger charge is 2.14. The molecule has 0 fully saturated rings. The minimum atomic E-state index is -0.557. The van der Waals surface area contributed by atoms with Gasteiger partial charge in [0.15, 0.2) is 0 Å². The first-order valence-electron chi connectivity index (χ1n) is 10.5. The number of carbonyl (C=O) groups is 1. The molecule has 0 aliphatic rings. The third-order valence-electron chi connectivity index (χ3n) is 5.28. The third kappa shape index (κ3) is 5.40. The van der Waals surface area contributed by atoms with Gasteiger partial charge in [-0.05, 0) is 53.6 Å². The van der Waals surface area contributed by atoms with Crippen molar-refractivity contribution in [3.63, 3.8) is 0 Å². The van der Waals surface area contributed by atoms with E-state index in [-0.39, 0.29) is 5.57 Å². The summed E-state index contributed by atoms with van der Waals surface area (Å²) < 4.78 is 6.13. The number of benzene rings is 4. The molecular formula is C28H20Cl2N2O2. The highest BCUT2D eigenvalue weighted by atomic mass is 35.5. The van der Waals surface area contributed by atoms with Gasteiger partial charge in [0.2, 0.25) is 0 Å². The fourth-order valence-corrected chi connectivity index (χ4v) is 3.76. The Kier molecular flexibility index (Phi) is 7.18. The first-order chi connectivity index (χ1) is 16.4. The molecule has 6 heteroatoms. The number of ether oxygens (including phenoxy) is 1. The lowest BCUT2D eigenvalue weighted by Crippen LogP contribution is -2.13. The molecule has 34 heavy (non-hydrogen) atoms. The standard InChI is InChI=1S/C28H20Cl2N2O2/c1-18-6-8-19(9-7-18)17-34-27-13-10-20-4-2-3-5-23(20)24(27)14-21(16-31)28(33)32-22-11-12-25(29)26(30)15-22/h2-15H,17H2,1H3,(H,32,33)/b21-14+. The third-order valence-corrected chi connectivity index (χ3v) is 6.02. The van der Waals surface area contributed by atoms with Crippen LogP contribution in [-0.4, -0.2) is 5.91 Å². The second kappa shape index (κ2) is 10.4. The Morgan fingerprint density at radius 1 is 1.00 bits per heavy atom. The van der Waals surface area contributed by atoms with Crippen molar-refractivity contribution in [2.24, 2.45) is 0 Å². The van der Waals surface area contributed by atoms with Crippen LogP contribution in [-0.2, 0) is 11.4 Å². The van der Waals surface area contributed by atoms with E-state index in [1.54, 1.807) is 18.2 Å². The number of hydrogen-bond donors (Lipinski definition) is 1. The molecule has 4 nitrogen and oxygen atoms in total. The second-order valence-corrected chi connectivity index (χ2v) is 8.54. The summed E-state index contributed by atoms with van der Waals surface area (Å²) in [5.41, 5.74) is 3.22. The zero-order chi connectivity index (χ0) is 24.1. The van der Waals surface area contributed by atoms with Crippen LogP contribution in [0.15, 0.2) is 84.4 Å². The molecule has 0 aliphatic heterocycles. The van der Waals surface area contributed by atoms with Gasteiger partial charge < -0.3 is 10.1 Å². The van der Waals surface area contributed by atoms with E-state index < -0.39 is 5.91 Å². The summed E-state index contributed by atoms with van der Waals surface area (Å²) in [4.78, 5) is 12.9. The molecule has 4 aromatic rings. The minimum absolute atomic E-state index is 0.0670. The van der Waals surface area contributed by atoms with Gasteiger partial charge in [-0.2, -0.15) is 5.26 Å². The van der Waals surface area contributed by atoms with Crippen LogP contribution >= 0.6 is 23.2 Å². The number of halogens is 2. The van der Waals surface area contributed by atoms with Gasteiger partial charge in [-0.3, -0.25) is 4.79 Å². The fraction of sp³-hybridized carbons (Fsp3) is 0.0714. The molecular weight excluding hydrogens is 467 g/mol. The Labute approximate surface area is 208 Å². The van der Waals surface area contributed by atoms with Crippen molar-refractivity contribution >= 4 is 51.6 Å². The number of amides is 1. The SMILES string of the molecule is Cc1ccc(COc2ccc3ccccc3c2/C=C(\C#N)C(=O)Nc2ccc(Cl)c(Cl)c2)cc1. The van der Waals surface area contributed by atoms with Gasteiger partial charge in [-0.25, -0.2) is 0 Å². The first kappa shape index (κ1) is 23.4. The lowest BCUT2D eigenvalue weighted by atomic mass is 10.0. The van der Waals surface area contributed by atoms with Crippen molar-refractivity contribution in [2.45, 2.75) is 13.5 Å².